The molecule has 0 radical (unpaired) electrons. The van der Waals surface area contributed by atoms with Crippen LogP contribution in [0, 0.1) is 5.41 Å². The Morgan fingerprint density at radius 3 is 2.55 bits per heavy atom. The predicted octanol–water partition coefficient (Wildman–Crippen LogP) is 7.54. The summed E-state index contributed by atoms with van der Waals surface area (Å²) in [6, 6.07) is 15.2. The molecule has 1 fully saturated rings. The smallest absolute Gasteiger partial charge is 0.229 e. The first-order valence-electron chi connectivity index (χ1n) is 14.0. The number of hydrogen-bond acceptors (Lipinski definition) is 5. The number of amides is 1. The van der Waals surface area contributed by atoms with E-state index < -0.39 is 5.41 Å². The summed E-state index contributed by atoms with van der Waals surface area (Å²) in [5.74, 6) is 0.435. The number of nitrogens with zero attached hydrogens (tertiary/aromatic N) is 3. The fourth-order valence-electron chi connectivity index (χ4n) is 5.61. The number of carbonyl (C=O) groups is 1. The molecule has 1 aromatic heterocycles. The number of carbonyl (C=O) groups excluding carboxylic acids is 1. The molecule has 220 valence electrons. The summed E-state index contributed by atoms with van der Waals surface area (Å²) in [4.78, 5) is 21.7. The van der Waals surface area contributed by atoms with Gasteiger partial charge in [-0.15, -0.1) is 0 Å². The average molecular weight is 604 g/mol. The van der Waals surface area contributed by atoms with Gasteiger partial charge in [-0.25, -0.2) is 0 Å². The predicted molar refractivity (Wildman–Crippen MR) is 177 cm³/mol. The Labute approximate surface area is 258 Å². The van der Waals surface area contributed by atoms with Gasteiger partial charge in [0.05, 0.1) is 36.1 Å². The Balaban J connectivity index is 1.65. The summed E-state index contributed by atoms with van der Waals surface area (Å²) >= 11 is 13.1. The lowest BCUT2D eigenvalue weighted by atomic mass is 9.86. The monoisotopic (exact) mass is 603 g/mol. The van der Waals surface area contributed by atoms with Crippen LogP contribution in [0.4, 0.5) is 17.1 Å². The summed E-state index contributed by atoms with van der Waals surface area (Å²) in [5.41, 5.74) is 5.91. The molecule has 2 aromatic carbocycles. The largest absolute Gasteiger partial charge is 0.494 e. The van der Waals surface area contributed by atoms with Gasteiger partial charge in [0.15, 0.2) is 5.11 Å². The molecule has 0 aliphatic carbocycles. The summed E-state index contributed by atoms with van der Waals surface area (Å²) in [6.07, 6.45) is 4.07. The van der Waals surface area contributed by atoms with E-state index in [0.717, 1.165) is 28.2 Å². The van der Waals surface area contributed by atoms with Gasteiger partial charge in [-0.05, 0) is 80.5 Å². The molecule has 0 unspecified atom stereocenters. The van der Waals surface area contributed by atoms with E-state index in [1.807, 2.05) is 57.2 Å². The molecule has 9 heteroatoms. The fraction of sp³-hybridized carbons (Fsp3) is 0.364. The first kappa shape index (κ1) is 29.9. The number of thiocarbonyl (C=S) groups is 1. The van der Waals surface area contributed by atoms with E-state index in [4.69, 9.17) is 28.6 Å². The van der Waals surface area contributed by atoms with E-state index in [2.05, 4.69) is 71.4 Å². The number of aromatic nitrogens is 1. The number of benzene rings is 2. The zero-order valence-corrected chi connectivity index (χ0v) is 26.9. The molecule has 2 N–H and O–H groups in total. The summed E-state index contributed by atoms with van der Waals surface area (Å²) in [5, 5.41) is 7.70. The summed E-state index contributed by atoms with van der Waals surface area (Å²) in [6.45, 7) is 12.2. The van der Waals surface area contributed by atoms with Crippen LogP contribution < -0.4 is 25.2 Å². The van der Waals surface area contributed by atoms with Gasteiger partial charge < -0.3 is 25.2 Å². The van der Waals surface area contributed by atoms with Crippen molar-refractivity contribution in [3.63, 3.8) is 0 Å². The van der Waals surface area contributed by atoms with Crippen molar-refractivity contribution in [1.29, 1.82) is 0 Å². The molecule has 42 heavy (non-hydrogen) atoms. The molecule has 2 atom stereocenters. The Morgan fingerprint density at radius 2 is 1.90 bits per heavy atom. The first-order chi connectivity index (χ1) is 19.7. The number of halogens is 1. The van der Waals surface area contributed by atoms with E-state index in [9.17, 15) is 4.79 Å². The highest BCUT2D eigenvalue weighted by atomic mass is 35.5. The maximum Gasteiger partial charge on any atom is 0.229 e. The van der Waals surface area contributed by atoms with E-state index >= 15 is 0 Å². The second kappa shape index (κ2) is 10.9. The first-order valence-corrected chi connectivity index (χ1v) is 14.8. The Morgan fingerprint density at radius 1 is 1.17 bits per heavy atom. The highest BCUT2D eigenvalue weighted by Crippen LogP contribution is 2.48. The van der Waals surface area contributed by atoms with Crippen molar-refractivity contribution in [2.45, 2.75) is 59.2 Å². The van der Waals surface area contributed by atoms with Crippen LogP contribution in [0.5, 0.6) is 5.75 Å². The van der Waals surface area contributed by atoms with Crippen LogP contribution in [0.25, 0.3) is 5.57 Å². The molecule has 1 saturated heterocycles. The molecule has 2 aliphatic rings. The molecule has 2 aliphatic heterocycles. The number of hydrogen-bond donors (Lipinski definition) is 2. The lowest BCUT2D eigenvalue weighted by molar-refractivity contribution is -0.123. The van der Waals surface area contributed by atoms with Gasteiger partial charge in [-0.2, -0.15) is 0 Å². The Hall–Kier alpha value is -3.62. The van der Waals surface area contributed by atoms with Gasteiger partial charge >= 0.3 is 0 Å². The minimum absolute atomic E-state index is 0.0996. The molecular weight excluding hydrogens is 566 g/mol. The van der Waals surface area contributed by atoms with Crippen LogP contribution in [0.15, 0.2) is 60.8 Å². The quantitative estimate of drug-likeness (QED) is 0.292. The SMILES string of the molecule is COc1cc(N2C(=S)N[C@H](c3ccccn3)[C@@H]2c2cc3c(cc2Cl)N(C)C(C)(C)C=C3C)ccc1NC(=O)C(C)(C)C. The van der Waals surface area contributed by atoms with Crippen molar-refractivity contribution in [1.82, 2.24) is 10.3 Å². The highest BCUT2D eigenvalue weighted by Gasteiger charge is 2.43. The molecule has 0 saturated carbocycles. The summed E-state index contributed by atoms with van der Waals surface area (Å²) in [7, 11) is 3.69. The van der Waals surface area contributed by atoms with Gasteiger partial charge in [0.1, 0.15) is 5.75 Å². The van der Waals surface area contributed by atoms with Gasteiger partial charge in [0, 0.05) is 46.7 Å². The molecule has 0 bridgehead atoms. The van der Waals surface area contributed by atoms with E-state index in [1.54, 1.807) is 13.3 Å². The number of methoxy groups -OCH3 is 1. The number of nitrogens with one attached hydrogen (secondary N) is 2. The third kappa shape index (κ3) is 5.34. The lowest BCUT2D eigenvalue weighted by Crippen LogP contribution is -2.42. The maximum atomic E-state index is 12.7. The van der Waals surface area contributed by atoms with Crippen molar-refractivity contribution < 1.29 is 9.53 Å². The van der Waals surface area contributed by atoms with E-state index in [0.29, 0.717) is 21.6 Å². The normalized spacial score (nSPS) is 19.6. The van der Waals surface area contributed by atoms with E-state index in [-0.39, 0.29) is 23.5 Å². The Kier molecular flexibility index (Phi) is 7.75. The van der Waals surface area contributed by atoms with Crippen molar-refractivity contribution in [3.8, 4) is 5.75 Å². The van der Waals surface area contributed by atoms with Crippen molar-refractivity contribution in [2.24, 2.45) is 5.41 Å². The summed E-state index contributed by atoms with van der Waals surface area (Å²) < 4.78 is 5.73. The number of allylic oxidation sites excluding steroid dienone is 1. The third-order valence-corrected chi connectivity index (χ3v) is 8.79. The topological polar surface area (TPSA) is 69.7 Å². The molecule has 7 nitrogen and oxygen atoms in total. The minimum atomic E-state index is -0.551. The Bertz CT molecular complexity index is 1580. The van der Waals surface area contributed by atoms with Crippen LogP contribution in [0.3, 0.4) is 0 Å². The lowest BCUT2D eigenvalue weighted by Gasteiger charge is -2.41. The standard InChI is InChI=1S/C33H38ClN5O2S/c1-19-18-33(5,6)38(7)26-17-23(34)22(16-21(19)26)29-28(25-11-9-10-14-35-25)37-31(42)39(29)20-12-13-24(27(15-20)41-8)36-30(40)32(2,3)4/h9-18,28-29H,1-8H3,(H,36,40)(H,37,42)/t28-,29+/m1/s1. The fourth-order valence-corrected chi connectivity index (χ4v) is 6.22. The van der Waals surface area contributed by atoms with Gasteiger partial charge in [-0.1, -0.05) is 44.5 Å². The minimum Gasteiger partial charge on any atom is -0.494 e. The second-order valence-electron chi connectivity index (χ2n) is 12.5. The van der Waals surface area contributed by atoms with Gasteiger partial charge in [-0.3, -0.25) is 9.78 Å². The van der Waals surface area contributed by atoms with Crippen LogP contribution in [-0.4, -0.2) is 35.7 Å². The van der Waals surface area contributed by atoms with Crippen molar-refractivity contribution in [3.05, 3.63) is 82.6 Å². The second-order valence-corrected chi connectivity index (χ2v) is 13.3. The zero-order valence-electron chi connectivity index (χ0n) is 25.4. The van der Waals surface area contributed by atoms with Crippen LogP contribution in [0.1, 0.15) is 70.4 Å². The third-order valence-electron chi connectivity index (χ3n) is 8.14. The zero-order chi connectivity index (χ0) is 30.6. The van der Waals surface area contributed by atoms with Crippen LogP contribution >= 0.6 is 23.8 Å². The molecule has 5 rings (SSSR count). The molecule has 3 aromatic rings. The van der Waals surface area contributed by atoms with Crippen LogP contribution in [0.2, 0.25) is 5.02 Å². The van der Waals surface area contributed by atoms with Crippen molar-refractivity contribution >= 4 is 57.5 Å². The number of rotatable bonds is 5. The molecular formula is C33H38ClN5O2S. The molecule has 0 spiro atoms. The number of pyridine rings is 1. The average Bonchev–Trinajstić information content (AvgIpc) is 3.28. The molecule has 3 heterocycles. The van der Waals surface area contributed by atoms with Crippen molar-refractivity contribution in [2.75, 3.05) is 29.3 Å². The number of ether oxygens (including phenoxy) is 1. The number of likely N-dealkylation sites (N-methyl/N-ethyl adjacent to an activating group) is 1. The van der Waals surface area contributed by atoms with Gasteiger partial charge in [0.2, 0.25) is 5.91 Å². The molecule has 1 amide bonds. The highest BCUT2D eigenvalue weighted by molar-refractivity contribution is 7.80. The van der Waals surface area contributed by atoms with E-state index in [1.165, 1.54) is 5.57 Å². The number of fused-ring (bicyclic) bond motifs is 1. The van der Waals surface area contributed by atoms with Gasteiger partial charge in [0.25, 0.3) is 0 Å². The number of anilines is 3. The van der Waals surface area contributed by atoms with Crippen LogP contribution in [-0.2, 0) is 4.79 Å². The maximum absolute atomic E-state index is 12.7.